The number of ether oxygens (including phenoxy) is 1. The number of halogens is 1. The Labute approximate surface area is 120 Å². The summed E-state index contributed by atoms with van der Waals surface area (Å²) in [6.45, 7) is 4.16. The van der Waals surface area contributed by atoms with Crippen molar-refractivity contribution < 1.29 is 4.74 Å². The molecule has 0 bridgehead atoms. The molecule has 2 unspecified atom stereocenters. The van der Waals surface area contributed by atoms with E-state index in [0.29, 0.717) is 18.4 Å². The van der Waals surface area contributed by atoms with Gasteiger partial charge in [0, 0.05) is 7.05 Å². The molecular formula is C14H24ClN3O. The molecule has 19 heavy (non-hydrogen) atoms. The Morgan fingerprint density at radius 1 is 1.42 bits per heavy atom. The Balaban J connectivity index is 1.87. The molecular weight excluding hydrogens is 262 g/mol. The van der Waals surface area contributed by atoms with Gasteiger partial charge < -0.3 is 10.5 Å². The van der Waals surface area contributed by atoms with Gasteiger partial charge in [0.2, 0.25) is 0 Å². The molecule has 1 aromatic rings. The lowest BCUT2D eigenvalue weighted by Gasteiger charge is -2.17. The van der Waals surface area contributed by atoms with Crippen LogP contribution in [-0.2, 0) is 24.8 Å². The van der Waals surface area contributed by atoms with E-state index in [0.717, 1.165) is 36.0 Å². The van der Waals surface area contributed by atoms with Crippen molar-refractivity contribution in [2.75, 3.05) is 13.2 Å². The van der Waals surface area contributed by atoms with Crippen molar-refractivity contribution in [2.24, 2.45) is 24.6 Å². The number of nitrogens with two attached hydrogens (primary N) is 1. The quantitative estimate of drug-likeness (QED) is 0.874. The van der Waals surface area contributed by atoms with Gasteiger partial charge in [-0.25, -0.2) is 0 Å². The minimum Gasteiger partial charge on any atom is -0.375 e. The van der Waals surface area contributed by atoms with Crippen LogP contribution < -0.4 is 5.73 Å². The lowest BCUT2D eigenvalue weighted by atomic mass is 9.97. The van der Waals surface area contributed by atoms with Gasteiger partial charge in [-0.05, 0) is 37.6 Å². The van der Waals surface area contributed by atoms with E-state index in [2.05, 4.69) is 12.0 Å². The summed E-state index contributed by atoms with van der Waals surface area (Å²) in [6.07, 6.45) is 4.62. The molecule has 1 saturated carbocycles. The predicted octanol–water partition coefficient (Wildman–Crippen LogP) is 2.53. The van der Waals surface area contributed by atoms with Crippen LogP contribution in [0.25, 0.3) is 0 Å². The van der Waals surface area contributed by atoms with Gasteiger partial charge in [0.1, 0.15) is 0 Å². The van der Waals surface area contributed by atoms with Gasteiger partial charge >= 0.3 is 0 Å². The molecule has 1 aliphatic carbocycles. The fourth-order valence-corrected chi connectivity index (χ4v) is 3.28. The zero-order chi connectivity index (χ0) is 13.8. The largest absolute Gasteiger partial charge is 0.375 e. The Kier molecular flexibility index (Phi) is 5.25. The fourth-order valence-electron chi connectivity index (χ4n) is 2.93. The van der Waals surface area contributed by atoms with Crippen LogP contribution in [0.1, 0.15) is 37.6 Å². The summed E-state index contributed by atoms with van der Waals surface area (Å²) in [7, 11) is 1.92. The molecule has 108 valence electrons. The maximum atomic E-state index is 6.30. The summed E-state index contributed by atoms with van der Waals surface area (Å²) in [6, 6.07) is 0. The first kappa shape index (κ1) is 14.8. The maximum Gasteiger partial charge on any atom is 0.0900 e. The van der Waals surface area contributed by atoms with Crippen LogP contribution in [0.5, 0.6) is 0 Å². The van der Waals surface area contributed by atoms with Crippen molar-refractivity contribution >= 4 is 11.6 Å². The Bertz CT molecular complexity index is 419. The average Bonchev–Trinajstić information content (AvgIpc) is 2.96. The lowest BCUT2D eigenvalue weighted by Crippen LogP contribution is -2.22. The van der Waals surface area contributed by atoms with Gasteiger partial charge in [-0.15, -0.1) is 0 Å². The summed E-state index contributed by atoms with van der Waals surface area (Å²) in [4.78, 5) is 0. The van der Waals surface area contributed by atoms with Crippen LogP contribution in [0.4, 0.5) is 0 Å². The van der Waals surface area contributed by atoms with Crippen LogP contribution in [0.15, 0.2) is 0 Å². The normalized spacial score (nSPS) is 23.2. The van der Waals surface area contributed by atoms with Gasteiger partial charge in [0.05, 0.1) is 29.6 Å². The van der Waals surface area contributed by atoms with E-state index in [4.69, 9.17) is 22.1 Å². The number of rotatable bonds is 6. The second-order valence-corrected chi connectivity index (χ2v) is 5.76. The van der Waals surface area contributed by atoms with Crippen molar-refractivity contribution in [3.63, 3.8) is 0 Å². The van der Waals surface area contributed by atoms with Gasteiger partial charge in [-0.3, -0.25) is 4.68 Å². The van der Waals surface area contributed by atoms with Crippen molar-refractivity contribution in [2.45, 2.75) is 39.2 Å². The smallest absolute Gasteiger partial charge is 0.0900 e. The molecule has 0 aliphatic heterocycles. The number of aromatic nitrogens is 2. The highest BCUT2D eigenvalue weighted by atomic mass is 35.5. The molecule has 1 aliphatic rings. The molecule has 1 aromatic heterocycles. The SMILES string of the molecule is CCc1nn(C)c(COCC2CCCC2CN)c1Cl. The minimum atomic E-state index is 0.538. The molecule has 0 aromatic carbocycles. The standard InChI is InChI=1S/C14H24ClN3O/c1-3-12-14(15)13(18(2)17-12)9-19-8-11-6-4-5-10(11)7-16/h10-11H,3-9,16H2,1-2H3. The van der Waals surface area contributed by atoms with E-state index >= 15 is 0 Å². The summed E-state index contributed by atoms with van der Waals surface area (Å²) < 4.78 is 7.68. The highest BCUT2D eigenvalue weighted by Crippen LogP contribution is 2.31. The molecule has 4 nitrogen and oxygen atoms in total. The van der Waals surface area contributed by atoms with E-state index in [1.54, 1.807) is 0 Å². The molecule has 1 heterocycles. The van der Waals surface area contributed by atoms with E-state index in [9.17, 15) is 0 Å². The van der Waals surface area contributed by atoms with E-state index in [1.807, 2.05) is 11.7 Å². The van der Waals surface area contributed by atoms with Gasteiger partial charge in [0.25, 0.3) is 0 Å². The highest BCUT2D eigenvalue weighted by molar-refractivity contribution is 6.31. The second kappa shape index (κ2) is 6.73. The molecule has 2 rings (SSSR count). The lowest BCUT2D eigenvalue weighted by molar-refractivity contribution is 0.0717. The third-order valence-electron chi connectivity index (χ3n) is 4.19. The van der Waals surface area contributed by atoms with Crippen molar-refractivity contribution in [1.82, 2.24) is 9.78 Å². The first-order valence-electron chi connectivity index (χ1n) is 7.15. The van der Waals surface area contributed by atoms with Gasteiger partial charge in [-0.1, -0.05) is 24.9 Å². The summed E-state index contributed by atoms with van der Waals surface area (Å²) >= 11 is 6.30. The first-order valence-corrected chi connectivity index (χ1v) is 7.53. The van der Waals surface area contributed by atoms with Crippen molar-refractivity contribution in [3.8, 4) is 0 Å². The van der Waals surface area contributed by atoms with Crippen LogP contribution >= 0.6 is 11.6 Å². The fraction of sp³-hybridized carbons (Fsp3) is 0.786. The van der Waals surface area contributed by atoms with E-state index in [-0.39, 0.29) is 0 Å². The molecule has 2 N–H and O–H groups in total. The van der Waals surface area contributed by atoms with Crippen LogP contribution in [-0.4, -0.2) is 22.9 Å². The monoisotopic (exact) mass is 285 g/mol. The first-order chi connectivity index (χ1) is 9.17. The van der Waals surface area contributed by atoms with E-state index in [1.165, 1.54) is 19.3 Å². The Hall–Kier alpha value is -0.580. The average molecular weight is 286 g/mol. The Morgan fingerprint density at radius 3 is 2.79 bits per heavy atom. The Morgan fingerprint density at radius 2 is 2.16 bits per heavy atom. The molecule has 0 saturated heterocycles. The second-order valence-electron chi connectivity index (χ2n) is 5.39. The molecule has 0 radical (unpaired) electrons. The number of nitrogens with zero attached hydrogens (tertiary/aromatic N) is 2. The summed E-state index contributed by atoms with van der Waals surface area (Å²) in [5.74, 6) is 1.25. The number of aryl methyl sites for hydroxylation is 2. The summed E-state index contributed by atoms with van der Waals surface area (Å²) in [5, 5.41) is 5.15. The number of hydrogen-bond donors (Lipinski definition) is 1. The van der Waals surface area contributed by atoms with Gasteiger partial charge in [0.15, 0.2) is 0 Å². The number of hydrogen-bond acceptors (Lipinski definition) is 3. The zero-order valence-electron chi connectivity index (χ0n) is 11.9. The zero-order valence-corrected chi connectivity index (χ0v) is 12.6. The molecule has 5 heteroatoms. The third-order valence-corrected chi connectivity index (χ3v) is 4.63. The van der Waals surface area contributed by atoms with Crippen LogP contribution in [0, 0.1) is 11.8 Å². The highest BCUT2D eigenvalue weighted by Gasteiger charge is 2.26. The predicted molar refractivity (Wildman–Crippen MR) is 77.1 cm³/mol. The molecule has 2 atom stereocenters. The molecule has 0 amide bonds. The van der Waals surface area contributed by atoms with E-state index < -0.39 is 0 Å². The van der Waals surface area contributed by atoms with Crippen LogP contribution in [0.3, 0.4) is 0 Å². The maximum absolute atomic E-state index is 6.30. The van der Waals surface area contributed by atoms with Gasteiger partial charge in [-0.2, -0.15) is 5.10 Å². The van der Waals surface area contributed by atoms with Crippen molar-refractivity contribution in [1.29, 1.82) is 0 Å². The molecule has 1 fully saturated rings. The minimum absolute atomic E-state index is 0.538. The summed E-state index contributed by atoms with van der Waals surface area (Å²) in [5.41, 5.74) is 7.71. The molecule has 0 spiro atoms. The topological polar surface area (TPSA) is 53.1 Å². The van der Waals surface area contributed by atoms with Crippen LogP contribution in [0.2, 0.25) is 5.02 Å². The third kappa shape index (κ3) is 3.30. The van der Waals surface area contributed by atoms with Crippen molar-refractivity contribution in [3.05, 3.63) is 16.4 Å².